The number of carbonyl (C=O) groups excluding carboxylic acids is 1. The summed E-state index contributed by atoms with van der Waals surface area (Å²) < 4.78 is 27.0. The van der Waals surface area contributed by atoms with Gasteiger partial charge in [-0.3, -0.25) is 0 Å². The van der Waals surface area contributed by atoms with E-state index >= 15 is 0 Å². The van der Waals surface area contributed by atoms with Gasteiger partial charge in [-0.15, -0.1) is 11.8 Å². The molecule has 9 heteroatoms. The van der Waals surface area contributed by atoms with Crippen molar-refractivity contribution in [2.24, 2.45) is 0 Å². The summed E-state index contributed by atoms with van der Waals surface area (Å²) in [6.07, 6.45) is 2.37. The summed E-state index contributed by atoms with van der Waals surface area (Å²) in [5, 5.41) is 3.98. The first-order valence-electron chi connectivity index (χ1n) is 10.2. The van der Waals surface area contributed by atoms with E-state index in [9.17, 15) is 4.79 Å². The van der Waals surface area contributed by atoms with E-state index in [2.05, 4.69) is 10.1 Å². The van der Waals surface area contributed by atoms with Crippen LogP contribution in [-0.2, 0) is 16.1 Å². The zero-order valence-corrected chi connectivity index (χ0v) is 18.7. The predicted octanol–water partition coefficient (Wildman–Crippen LogP) is 4.38. The van der Waals surface area contributed by atoms with Crippen LogP contribution in [0.4, 0.5) is 0 Å². The molecule has 2 heterocycles. The lowest BCUT2D eigenvalue weighted by atomic mass is 10.2. The zero-order chi connectivity index (χ0) is 22.3. The molecule has 2 aromatic carbocycles. The minimum Gasteiger partial charge on any atom is -0.497 e. The molecule has 1 aliphatic rings. The van der Waals surface area contributed by atoms with E-state index in [0.717, 1.165) is 30.1 Å². The molecular formula is C23H24N2O6S. The second-order valence-electron chi connectivity index (χ2n) is 7.10. The molecule has 0 saturated carbocycles. The van der Waals surface area contributed by atoms with Crippen LogP contribution >= 0.6 is 11.8 Å². The minimum atomic E-state index is -0.442. The van der Waals surface area contributed by atoms with Gasteiger partial charge in [0.05, 0.1) is 31.5 Å². The van der Waals surface area contributed by atoms with Crippen molar-refractivity contribution in [1.82, 2.24) is 10.1 Å². The lowest BCUT2D eigenvalue weighted by Gasteiger charge is -2.11. The highest BCUT2D eigenvalue weighted by Crippen LogP contribution is 2.32. The third kappa shape index (κ3) is 5.23. The number of ether oxygens (including phenoxy) is 4. The Balaban J connectivity index is 1.40. The maximum Gasteiger partial charge on any atom is 0.339 e. The standard InChI is InChI=1S/C23H24N2O6S/c1-27-15-9-10-17(19(12-15)28-2)22-24-21(31-25-22)13-30-23(26)18-7-3-4-8-20(18)32-14-16-6-5-11-29-16/h3-4,7-10,12,16H,5-6,11,13-14H2,1-2H3. The number of esters is 1. The fourth-order valence-corrected chi connectivity index (χ4v) is 4.44. The molecule has 8 nitrogen and oxygen atoms in total. The number of carbonyl (C=O) groups is 1. The van der Waals surface area contributed by atoms with Gasteiger partial charge in [0.25, 0.3) is 5.89 Å². The molecule has 0 N–H and O–H groups in total. The monoisotopic (exact) mass is 456 g/mol. The van der Waals surface area contributed by atoms with Crippen LogP contribution in [0.1, 0.15) is 29.1 Å². The first kappa shape index (κ1) is 22.2. The summed E-state index contributed by atoms with van der Waals surface area (Å²) in [4.78, 5) is 17.9. The molecule has 0 spiro atoms. The number of rotatable bonds is 9. The van der Waals surface area contributed by atoms with E-state index in [1.807, 2.05) is 18.2 Å². The first-order valence-corrected chi connectivity index (χ1v) is 11.2. The lowest BCUT2D eigenvalue weighted by Crippen LogP contribution is -2.10. The second-order valence-corrected chi connectivity index (χ2v) is 8.16. The molecule has 168 valence electrons. The molecule has 1 fully saturated rings. The summed E-state index contributed by atoms with van der Waals surface area (Å²) in [6, 6.07) is 12.7. The predicted molar refractivity (Wildman–Crippen MR) is 118 cm³/mol. The molecule has 3 aromatic rings. The van der Waals surface area contributed by atoms with Gasteiger partial charge < -0.3 is 23.5 Å². The Labute approximate surface area is 190 Å². The van der Waals surface area contributed by atoms with Crippen molar-refractivity contribution >= 4 is 17.7 Å². The summed E-state index contributed by atoms with van der Waals surface area (Å²) in [7, 11) is 3.13. The Morgan fingerprint density at radius 2 is 2.06 bits per heavy atom. The van der Waals surface area contributed by atoms with Crippen LogP contribution < -0.4 is 9.47 Å². The van der Waals surface area contributed by atoms with Crippen molar-refractivity contribution in [3.8, 4) is 22.9 Å². The van der Waals surface area contributed by atoms with Crippen LogP contribution in [0.25, 0.3) is 11.4 Å². The van der Waals surface area contributed by atoms with Crippen LogP contribution in [0.3, 0.4) is 0 Å². The number of hydrogen-bond donors (Lipinski definition) is 0. The van der Waals surface area contributed by atoms with Crippen molar-refractivity contribution in [3.63, 3.8) is 0 Å². The fraction of sp³-hybridized carbons (Fsp3) is 0.348. The van der Waals surface area contributed by atoms with Gasteiger partial charge in [0.1, 0.15) is 11.5 Å². The average Bonchev–Trinajstić information content (AvgIpc) is 3.53. The Hall–Kier alpha value is -3.04. The summed E-state index contributed by atoms with van der Waals surface area (Å²) in [6.45, 7) is 0.679. The molecule has 1 unspecified atom stereocenters. The maximum absolute atomic E-state index is 12.7. The van der Waals surface area contributed by atoms with Gasteiger partial charge in [-0.1, -0.05) is 17.3 Å². The van der Waals surface area contributed by atoms with Gasteiger partial charge in [0, 0.05) is 23.3 Å². The van der Waals surface area contributed by atoms with E-state index in [1.165, 1.54) is 0 Å². The van der Waals surface area contributed by atoms with Crippen LogP contribution in [0.2, 0.25) is 0 Å². The van der Waals surface area contributed by atoms with Gasteiger partial charge in [0.2, 0.25) is 5.82 Å². The smallest absolute Gasteiger partial charge is 0.339 e. The van der Waals surface area contributed by atoms with Crippen molar-refractivity contribution in [1.29, 1.82) is 0 Å². The quantitative estimate of drug-likeness (QED) is 0.343. The Bertz CT molecular complexity index is 1060. The SMILES string of the molecule is COc1ccc(-c2noc(COC(=O)c3ccccc3SCC3CCCO3)n2)c(OC)c1. The van der Waals surface area contributed by atoms with Crippen LogP contribution in [0, 0.1) is 0 Å². The molecule has 32 heavy (non-hydrogen) atoms. The third-order valence-electron chi connectivity index (χ3n) is 5.00. The summed E-state index contributed by atoms with van der Waals surface area (Å²) in [5.74, 6) is 2.09. The van der Waals surface area contributed by atoms with E-state index in [4.69, 9.17) is 23.5 Å². The first-order chi connectivity index (χ1) is 15.7. The normalized spacial score (nSPS) is 15.5. The zero-order valence-electron chi connectivity index (χ0n) is 17.9. The third-order valence-corrected chi connectivity index (χ3v) is 6.21. The van der Waals surface area contributed by atoms with Gasteiger partial charge in [-0.05, 0) is 37.1 Å². The number of hydrogen-bond acceptors (Lipinski definition) is 9. The van der Waals surface area contributed by atoms with Gasteiger partial charge in [-0.2, -0.15) is 4.98 Å². The highest BCUT2D eigenvalue weighted by molar-refractivity contribution is 7.99. The van der Waals surface area contributed by atoms with Crippen LogP contribution in [0.5, 0.6) is 11.5 Å². The number of benzene rings is 2. The lowest BCUT2D eigenvalue weighted by molar-refractivity contribution is 0.0425. The number of nitrogens with zero attached hydrogens (tertiary/aromatic N) is 2. The summed E-state index contributed by atoms with van der Waals surface area (Å²) in [5.41, 5.74) is 1.15. The molecule has 1 aromatic heterocycles. The highest BCUT2D eigenvalue weighted by Gasteiger charge is 2.20. The van der Waals surface area contributed by atoms with Gasteiger partial charge in [0.15, 0.2) is 6.61 Å². The molecule has 0 radical (unpaired) electrons. The number of methoxy groups -OCH3 is 2. The maximum atomic E-state index is 12.7. The molecule has 4 rings (SSSR count). The van der Waals surface area contributed by atoms with Crippen LogP contribution in [-0.4, -0.2) is 48.8 Å². The average molecular weight is 457 g/mol. The molecule has 0 bridgehead atoms. The Kier molecular flexibility index (Phi) is 7.28. The van der Waals surface area contributed by atoms with E-state index < -0.39 is 5.97 Å². The molecule has 1 atom stereocenters. The molecule has 0 amide bonds. The molecule has 1 saturated heterocycles. The molecule has 1 aliphatic heterocycles. The largest absolute Gasteiger partial charge is 0.497 e. The van der Waals surface area contributed by atoms with Crippen molar-refractivity contribution in [2.75, 3.05) is 26.6 Å². The highest BCUT2D eigenvalue weighted by atomic mass is 32.2. The van der Waals surface area contributed by atoms with Crippen molar-refractivity contribution < 1.29 is 28.3 Å². The fourth-order valence-electron chi connectivity index (χ4n) is 3.33. The molecule has 0 aliphatic carbocycles. The van der Waals surface area contributed by atoms with Crippen LogP contribution in [0.15, 0.2) is 51.9 Å². The second kappa shape index (κ2) is 10.5. The Morgan fingerprint density at radius 3 is 2.84 bits per heavy atom. The van der Waals surface area contributed by atoms with Crippen molar-refractivity contribution in [3.05, 3.63) is 53.9 Å². The van der Waals surface area contributed by atoms with E-state index in [0.29, 0.717) is 28.5 Å². The van der Waals surface area contributed by atoms with E-state index in [-0.39, 0.29) is 18.6 Å². The van der Waals surface area contributed by atoms with Gasteiger partial charge >= 0.3 is 5.97 Å². The van der Waals surface area contributed by atoms with Crippen molar-refractivity contribution in [2.45, 2.75) is 30.4 Å². The minimum absolute atomic E-state index is 0.130. The van der Waals surface area contributed by atoms with E-state index in [1.54, 1.807) is 50.2 Å². The Morgan fingerprint density at radius 1 is 1.19 bits per heavy atom. The number of thioether (sulfide) groups is 1. The molecular weight excluding hydrogens is 432 g/mol. The topological polar surface area (TPSA) is 92.9 Å². The summed E-state index contributed by atoms with van der Waals surface area (Å²) >= 11 is 1.60. The van der Waals surface area contributed by atoms with Gasteiger partial charge in [-0.25, -0.2) is 4.79 Å². The number of aromatic nitrogens is 2.